The maximum atomic E-state index is 7.87. The van der Waals surface area contributed by atoms with Crippen molar-refractivity contribution >= 4 is 51.0 Å². The van der Waals surface area contributed by atoms with Crippen LogP contribution in [0.5, 0.6) is 0 Å². The minimum atomic E-state index is -3.51. The van der Waals surface area contributed by atoms with Gasteiger partial charge in [-0.05, 0) is 11.8 Å². The van der Waals surface area contributed by atoms with Crippen molar-refractivity contribution in [2.45, 2.75) is 0 Å². The van der Waals surface area contributed by atoms with Gasteiger partial charge in [0.15, 0.2) is 0 Å². The summed E-state index contributed by atoms with van der Waals surface area (Å²) < 4.78 is 0. The van der Waals surface area contributed by atoms with Crippen molar-refractivity contribution in [3.05, 3.63) is 0 Å². The predicted molar refractivity (Wildman–Crippen MR) is 47.0 cm³/mol. The third-order valence-electron chi connectivity index (χ3n) is 0. The molecular formula is H6O5P2S2Se. The van der Waals surface area contributed by atoms with Crippen LogP contribution in [0.15, 0.2) is 0 Å². The first-order valence-electron chi connectivity index (χ1n) is 1.57. The van der Waals surface area contributed by atoms with Crippen LogP contribution in [0.4, 0.5) is 0 Å². The Hall–Kier alpha value is 1.75. The standard InChI is InChI=1S/H3O3PSe.H3O2PS2/c1-4(2,3)5;1-3(2,4)5/h(H3,1,2,3,5);(H3,1,2,4,5). The molecule has 0 saturated heterocycles. The second kappa shape index (κ2) is 5.40. The second-order valence-electron chi connectivity index (χ2n) is 1.03. The fraction of sp³-hybridized carbons (Fsp3) is 0. The zero-order chi connectivity index (χ0) is 9.00. The normalized spacial score (nSPS) is 11.8. The van der Waals surface area contributed by atoms with Crippen molar-refractivity contribution in [2.75, 3.05) is 0 Å². The third-order valence-corrected chi connectivity index (χ3v) is 0. The van der Waals surface area contributed by atoms with E-state index < -0.39 is 11.9 Å². The predicted octanol–water partition coefficient (Wildman–Crippen LogP) is -1.07. The summed E-state index contributed by atoms with van der Waals surface area (Å²) in [5.41, 5.74) is -3.11. The first-order valence-corrected chi connectivity index (χ1v) is 9.29. The molecule has 5 N–H and O–H groups in total. The topological polar surface area (TPSA) is 101 Å². The van der Waals surface area contributed by atoms with Gasteiger partial charge < -0.3 is 9.79 Å². The van der Waals surface area contributed by atoms with Crippen molar-refractivity contribution in [2.24, 2.45) is 0 Å². The van der Waals surface area contributed by atoms with Crippen LogP contribution in [0.1, 0.15) is 0 Å². The Morgan fingerprint density at radius 3 is 1.10 bits per heavy atom. The molecule has 0 fully saturated rings. The van der Waals surface area contributed by atoms with Crippen LogP contribution in [0, 0.1) is 0 Å². The molecule has 0 rings (SSSR count). The monoisotopic (exact) mass is 292 g/mol. The zero-order valence-electron chi connectivity index (χ0n) is 4.39. The van der Waals surface area contributed by atoms with Crippen LogP contribution in [-0.2, 0) is 11.8 Å². The van der Waals surface area contributed by atoms with Crippen molar-refractivity contribution in [1.82, 2.24) is 0 Å². The molecule has 0 aliphatic rings. The van der Waals surface area contributed by atoms with Gasteiger partial charge in [0.1, 0.15) is 0 Å². The molecule has 0 bridgehead atoms. The van der Waals surface area contributed by atoms with Crippen LogP contribution in [0.25, 0.3) is 0 Å². The summed E-state index contributed by atoms with van der Waals surface area (Å²) in [6.45, 7) is 0. The van der Waals surface area contributed by atoms with Gasteiger partial charge in [0, 0.05) is 0 Å². The van der Waals surface area contributed by atoms with Gasteiger partial charge in [-0.1, -0.05) is 12.2 Å². The Morgan fingerprint density at radius 2 is 1.10 bits per heavy atom. The molecule has 0 spiro atoms. The van der Waals surface area contributed by atoms with Crippen molar-refractivity contribution < 1.29 is 24.5 Å². The van der Waals surface area contributed by atoms with Gasteiger partial charge in [-0.2, -0.15) is 0 Å². The molecule has 10 heteroatoms. The van der Waals surface area contributed by atoms with E-state index in [2.05, 4.69) is 24.1 Å². The summed E-state index contributed by atoms with van der Waals surface area (Å²) in [7, 11) is 0. The molecule has 5 nitrogen and oxygen atoms in total. The van der Waals surface area contributed by atoms with Gasteiger partial charge in [-0.15, -0.1) is 0 Å². The summed E-state index contributed by atoms with van der Waals surface area (Å²) >= 11 is 8.83. The quantitative estimate of drug-likeness (QED) is 0.193. The van der Waals surface area contributed by atoms with Gasteiger partial charge in [-0.3, -0.25) is 0 Å². The summed E-state index contributed by atoms with van der Waals surface area (Å²) in [6.07, 6.45) is -3.51. The second-order valence-corrected chi connectivity index (χ2v) is 10.2. The Morgan fingerprint density at radius 1 is 1.10 bits per heavy atom. The molecule has 0 atom stereocenters. The third kappa shape index (κ3) is 244. The van der Waals surface area contributed by atoms with E-state index in [1.807, 2.05) is 0 Å². The molecule has 0 aromatic carbocycles. The first kappa shape index (κ1) is 14.3. The van der Waals surface area contributed by atoms with Gasteiger partial charge in [0.05, 0.1) is 0 Å². The van der Waals surface area contributed by atoms with Crippen LogP contribution in [0.3, 0.4) is 0 Å². The zero-order valence-corrected chi connectivity index (χ0v) is 9.61. The Balaban J connectivity index is 0. The van der Waals surface area contributed by atoms with Crippen molar-refractivity contribution in [3.8, 4) is 0 Å². The van der Waals surface area contributed by atoms with Crippen molar-refractivity contribution in [1.29, 1.82) is 0 Å². The molecule has 0 heterocycles. The van der Waals surface area contributed by atoms with Crippen LogP contribution in [-0.4, -0.2) is 39.6 Å². The van der Waals surface area contributed by atoms with Gasteiger partial charge in [0.25, 0.3) is 0 Å². The average Bonchev–Trinajstić information content (AvgIpc) is 1.12. The van der Waals surface area contributed by atoms with E-state index in [1.54, 1.807) is 15.1 Å². The molecule has 0 aromatic rings. The Kier molecular flexibility index (Phi) is 7.72. The molecular weight excluding hydrogens is 285 g/mol. The fourth-order valence-electron chi connectivity index (χ4n) is 0. The number of rotatable bonds is 0. The first-order chi connectivity index (χ1) is 4.00. The molecule has 0 radical (unpaired) electrons. The summed E-state index contributed by atoms with van der Waals surface area (Å²) in [6, 6.07) is 0. The molecule has 0 saturated carbocycles. The van der Waals surface area contributed by atoms with E-state index >= 15 is 0 Å². The Bertz CT molecular complexity index is 130. The van der Waals surface area contributed by atoms with E-state index in [1.165, 1.54) is 0 Å². The number of thiol groups is 1. The molecule has 0 aliphatic carbocycles. The maximum absolute atomic E-state index is 7.87. The summed E-state index contributed by atoms with van der Waals surface area (Å²) in [5, 5.41) is 0. The van der Waals surface area contributed by atoms with Gasteiger partial charge >= 0.3 is 36.0 Å². The molecule has 0 unspecified atom stereocenters. The van der Waals surface area contributed by atoms with Crippen LogP contribution < -0.4 is 0 Å². The average molecular weight is 291 g/mol. The van der Waals surface area contributed by atoms with Gasteiger partial charge in [-0.25, -0.2) is 0 Å². The Labute approximate surface area is 75.5 Å². The SMILES string of the molecule is OP(O)(=S)S.OP(O)(O)=[Se]. The van der Waals surface area contributed by atoms with Crippen LogP contribution >= 0.6 is 24.1 Å². The van der Waals surface area contributed by atoms with E-state index in [0.29, 0.717) is 0 Å². The molecule has 10 heavy (non-hydrogen) atoms. The molecule has 0 amide bonds. The number of hydrogen-bond acceptors (Lipinski definition) is 4. The van der Waals surface area contributed by atoms with Gasteiger partial charge in [0.2, 0.25) is 5.69 Å². The molecule has 0 aromatic heterocycles. The van der Waals surface area contributed by atoms with E-state index in [0.717, 1.165) is 0 Å². The fourth-order valence-corrected chi connectivity index (χ4v) is 0. The van der Waals surface area contributed by atoms with E-state index in [4.69, 9.17) is 24.5 Å². The van der Waals surface area contributed by atoms with E-state index in [-0.39, 0.29) is 0 Å². The summed E-state index contributed by atoms with van der Waals surface area (Å²) in [5.74, 6) is 0. The van der Waals surface area contributed by atoms with Crippen molar-refractivity contribution in [3.63, 3.8) is 0 Å². The number of hydrogen-bond donors (Lipinski definition) is 6. The van der Waals surface area contributed by atoms with E-state index in [9.17, 15) is 0 Å². The molecule has 64 valence electrons. The minimum absolute atomic E-state index is 1.76. The summed E-state index contributed by atoms with van der Waals surface area (Å²) in [4.78, 5) is 38.8. The molecule has 0 aliphatic heterocycles. The van der Waals surface area contributed by atoms with Crippen LogP contribution in [0.2, 0.25) is 0 Å².